The zero-order chi connectivity index (χ0) is 21.1. The number of benzene rings is 2. The van der Waals surface area contributed by atoms with Crippen molar-refractivity contribution in [2.45, 2.75) is 57.7 Å². The molecule has 0 amide bonds. The molecule has 0 bridgehead atoms. The van der Waals surface area contributed by atoms with Gasteiger partial charge in [0, 0.05) is 28.7 Å². The Bertz CT molecular complexity index is 1130. The molecule has 160 valence electrons. The molecule has 0 saturated heterocycles. The SMILES string of the molecule is CCOC(=O)Cc1ccc(C2c3[nH]c4ccccc4c3CC(C)N2C2CC3CC32)cc1. The first-order valence-electron chi connectivity index (χ1n) is 11.8. The van der Waals surface area contributed by atoms with Crippen molar-refractivity contribution in [3.05, 3.63) is 70.9 Å². The zero-order valence-corrected chi connectivity index (χ0v) is 18.3. The van der Waals surface area contributed by atoms with Gasteiger partial charge in [-0.1, -0.05) is 42.5 Å². The Hall–Kier alpha value is -2.59. The third-order valence-corrected chi connectivity index (χ3v) is 7.77. The van der Waals surface area contributed by atoms with Gasteiger partial charge in [-0.2, -0.15) is 0 Å². The molecular formula is C27H30N2O2. The van der Waals surface area contributed by atoms with E-state index in [-0.39, 0.29) is 12.0 Å². The molecule has 4 heteroatoms. The van der Waals surface area contributed by atoms with E-state index in [1.807, 2.05) is 6.92 Å². The quantitative estimate of drug-likeness (QED) is 0.597. The van der Waals surface area contributed by atoms with Gasteiger partial charge < -0.3 is 9.72 Å². The van der Waals surface area contributed by atoms with Gasteiger partial charge in [-0.05, 0) is 67.7 Å². The van der Waals surface area contributed by atoms with Gasteiger partial charge in [-0.3, -0.25) is 9.69 Å². The van der Waals surface area contributed by atoms with E-state index in [4.69, 9.17) is 4.74 Å². The number of fused-ring (bicyclic) bond motifs is 4. The zero-order valence-electron chi connectivity index (χ0n) is 18.3. The second-order valence-corrected chi connectivity index (χ2v) is 9.65. The largest absolute Gasteiger partial charge is 0.466 e. The number of aromatic nitrogens is 1. The average Bonchev–Trinajstić information content (AvgIpc) is 3.26. The maximum Gasteiger partial charge on any atom is 0.310 e. The van der Waals surface area contributed by atoms with Crippen LogP contribution >= 0.6 is 0 Å². The summed E-state index contributed by atoms with van der Waals surface area (Å²) >= 11 is 0. The highest BCUT2D eigenvalue weighted by Gasteiger charge is 2.58. The number of nitrogens with zero attached hydrogens (tertiary/aromatic N) is 1. The van der Waals surface area contributed by atoms with Crippen LogP contribution in [0.2, 0.25) is 0 Å². The predicted molar refractivity (Wildman–Crippen MR) is 122 cm³/mol. The fourth-order valence-electron chi connectivity index (χ4n) is 6.18. The number of carbonyl (C=O) groups is 1. The number of carbonyl (C=O) groups excluding carboxylic acids is 1. The maximum atomic E-state index is 11.9. The van der Waals surface area contributed by atoms with Crippen LogP contribution in [0.5, 0.6) is 0 Å². The van der Waals surface area contributed by atoms with Gasteiger partial charge in [-0.15, -0.1) is 0 Å². The summed E-state index contributed by atoms with van der Waals surface area (Å²) in [7, 11) is 0. The van der Waals surface area contributed by atoms with Crippen molar-refractivity contribution < 1.29 is 9.53 Å². The van der Waals surface area contributed by atoms with Crippen molar-refractivity contribution in [2.24, 2.45) is 11.8 Å². The van der Waals surface area contributed by atoms with Crippen molar-refractivity contribution in [3.63, 3.8) is 0 Å². The number of nitrogens with one attached hydrogen (secondary N) is 1. The van der Waals surface area contributed by atoms with E-state index in [1.165, 1.54) is 40.6 Å². The number of aromatic amines is 1. The maximum absolute atomic E-state index is 11.9. The number of H-pyrrole nitrogens is 1. The minimum absolute atomic E-state index is 0.157. The molecule has 3 aromatic rings. The molecule has 0 radical (unpaired) electrons. The van der Waals surface area contributed by atoms with Gasteiger partial charge in [0.1, 0.15) is 0 Å². The summed E-state index contributed by atoms with van der Waals surface area (Å²) in [4.78, 5) is 18.5. The highest BCUT2D eigenvalue weighted by atomic mass is 16.5. The summed E-state index contributed by atoms with van der Waals surface area (Å²) in [6.07, 6.45) is 4.20. The van der Waals surface area contributed by atoms with Crippen molar-refractivity contribution in [2.75, 3.05) is 6.61 Å². The number of esters is 1. The van der Waals surface area contributed by atoms with Gasteiger partial charge in [0.25, 0.3) is 0 Å². The van der Waals surface area contributed by atoms with Crippen LogP contribution in [0.3, 0.4) is 0 Å². The highest BCUT2D eigenvalue weighted by Crippen LogP contribution is 2.60. The molecule has 1 N–H and O–H groups in total. The van der Waals surface area contributed by atoms with E-state index in [0.717, 1.165) is 23.8 Å². The Morgan fingerprint density at radius 2 is 1.94 bits per heavy atom. The lowest BCUT2D eigenvalue weighted by Crippen LogP contribution is -2.52. The van der Waals surface area contributed by atoms with Crippen molar-refractivity contribution in [1.82, 2.24) is 9.88 Å². The van der Waals surface area contributed by atoms with Crippen molar-refractivity contribution in [3.8, 4) is 0 Å². The standard InChI is InChI=1S/C27H30N2O2/c1-3-31-25(30)13-17-8-10-18(11-9-17)27-26-22(20-6-4-5-7-23(20)28-26)12-16(2)29(27)24-15-19-14-21(19)24/h4-11,16,19,21,24,27-28H,3,12-15H2,1-2H3. The summed E-state index contributed by atoms with van der Waals surface area (Å²) < 4.78 is 5.12. The molecule has 1 aliphatic heterocycles. The number of hydrogen-bond acceptors (Lipinski definition) is 3. The van der Waals surface area contributed by atoms with Crippen molar-refractivity contribution in [1.29, 1.82) is 0 Å². The topological polar surface area (TPSA) is 45.3 Å². The summed E-state index contributed by atoms with van der Waals surface area (Å²) in [5, 5.41) is 1.37. The van der Waals surface area contributed by atoms with Crippen LogP contribution in [0.4, 0.5) is 0 Å². The molecule has 2 aromatic carbocycles. The Kier molecular flexibility index (Phi) is 4.46. The number of ether oxygens (including phenoxy) is 1. The summed E-state index contributed by atoms with van der Waals surface area (Å²) in [5.41, 5.74) is 6.41. The van der Waals surface area contributed by atoms with E-state index in [0.29, 0.717) is 25.1 Å². The Labute approximate surface area is 183 Å². The molecule has 2 heterocycles. The summed E-state index contributed by atoms with van der Waals surface area (Å²) in [6.45, 7) is 4.68. The molecule has 3 aliphatic rings. The monoisotopic (exact) mass is 414 g/mol. The third-order valence-electron chi connectivity index (χ3n) is 7.77. The van der Waals surface area contributed by atoms with E-state index >= 15 is 0 Å². The van der Waals surface area contributed by atoms with Gasteiger partial charge in [0.15, 0.2) is 0 Å². The summed E-state index contributed by atoms with van der Waals surface area (Å²) in [5.74, 6) is 1.73. The van der Waals surface area contributed by atoms with E-state index in [1.54, 1.807) is 0 Å². The van der Waals surface area contributed by atoms with Crippen LogP contribution in [0.1, 0.15) is 55.1 Å². The first-order chi connectivity index (χ1) is 15.1. The van der Waals surface area contributed by atoms with Crippen LogP contribution < -0.4 is 0 Å². The molecule has 2 fully saturated rings. The first-order valence-corrected chi connectivity index (χ1v) is 11.8. The van der Waals surface area contributed by atoms with Crippen LogP contribution in [0, 0.1) is 11.8 Å². The number of para-hydroxylation sites is 1. The molecule has 5 unspecified atom stereocenters. The first kappa shape index (κ1) is 19.1. The molecule has 0 spiro atoms. The molecule has 5 atom stereocenters. The molecule has 4 nitrogen and oxygen atoms in total. The minimum atomic E-state index is -0.157. The second kappa shape index (κ2) is 7.23. The lowest BCUT2D eigenvalue weighted by Gasteiger charge is -2.48. The van der Waals surface area contributed by atoms with Gasteiger partial charge >= 0.3 is 5.97 Å². The predicted octanol–water partition coefficient (Wildman–Crippen LogP) is 5.02. The summed E-state index contributed by atoms with van der Waals surface area (Å²) in [6, 6.07) is 18.8. The van der Waals surface area contributed by atoms with E-state index in [9.17, 15) is 4.79 Å². The molecule has 6 rings (SSSR count). The van der Waals surface area contributed by atoms with Gasteiger partial charge in [-0.25, -0.2) is 0 Å². The van der Waals surface area contributed by atoms with Crippen LogP contribution in [-0.4, -0.2) is 34.5 Å². The Morgan fingerprint density at radius 1 is 1.13 bits per heavy atom. The van der Waals surface area contributed by atoms with Crippen molar-refractivity contribution >= 4 is 16.9 Å². The van der Waals surface area contributed by atoms with Gasteiger partial charge in [0.05, 0.1) is 19.1 Å². The molecule has 31 heavy (non-hydrogen) atoms. The van der Waals surface area contributed by atoms with Crippen LogP contribution in [0.15, 0.2) is 48.5 Å². The molecule has 2 saturated carbocycles. The third kappa shape index (κ3) is 3.11. The van der Waals surface area contributed by atoms with Gasteiger partial charge in [0.2, 0.25) is 0 Å². The minimum Gasteiger partial charge on any atom is -0.466 e. The second-order valence-electron chi connectivity index (χ2n) is 9.65. The molecular weight excluding hydrogens is 384 g/mol. The van der Waals surface area contributed by atoms with Crippen LogP contribution in [0.25, 0.3) is 10.9 Å². The lowest BCUT2D eigenvalue weighted by molar-refractivity contribution is -0.142. The fraction of sp³-hybridized carbons (Fsp3) is 0.444. The van der Waals surface area contributed by atoms with Crippen LogP contribution in [-0.2, 0) is 22.4 Å². The lowest BCUT2D eigenvalue weighted by atomic mass is 9.82. The van der Waals surface area contributed by atoms with E-state index < -0.39 is 0 Å². The highest BCUT2D eigenvalue weighted by molar-refractivity contribution is 5.85. The Balaban J connectivity index is 1.40. The average molecular weight is 415 g/mol. The smallest absolute Gasteiger partial charge is 0.310 e. The Morgan fingerprint density at radius 3 is 2.65 bits per heavy atom. The molecule has 1 aromatic heterocycles. The number of rotatable bonds is 5. The normalized spacial score (nSPS) is 29.2. The molecule has 2 aliphatic carbocycles. The number of hydrogen-bond donors (Lipinski definition) is 1. The fourth-order valence-corrected chi connectivity index (χ4v) is 6.18. The van der Waals surface area contributed by atoms with E-state index in [2.05, 4.69) is 65.3 Å².